The van der Waals surface area contributed by atoms with Gasteiger partial charge in [-0.25, -0.2) is 4.31 Å². The van der Waals surface area contributed by atoms with Crippen LogP contribution in [0.25, 0.3) is 10.8 Å². The number of fused-ring (bicyclic) bond motifs is 1. The van der Waals surface area contributed by atoms with Crippen molar-refractivity contribution in [1.29, 1.82) is 0 Å². The molecule has 2 aromatic rings. The number of rotatable bonds is 2. The first kappa shape index (κ1) is 13.0. The average molecular weight is 272 g/mol. The molecule has 0 unspecified atom stereocenters. The van der Waals surface area contributed by atoms with Crippen LogP contribution in [-0.4, -0.2) is 30.5 Å². The van der Waals surface area contributed by atoms with Crippen LogP contribution in [0.3, 0.4) is 0 Å². The highest BCUT2D eigenvalue weighted by Crippen LogP contribution is 2.31. The standard InChI is InChI=1S/C16H20N2S/c1-13-5-2-7-15-14(13)6-3-8-16(15)19-18-11-4-9-17-10-12-18/h2-3,5-8,17H,4,9-12H2,1H3. The zero-order valence-corrected chi connectivity index (χ0v) is 12.2. The highest BCUT2D eigenvalue weighted by atomic mass is 32.2. The molecular weight excluding hydrogens is 252 g/mol. The Morgan fingerprint density at radius 2 is 1.84 bits per heavy atom. The molecule has 100 valence electrons. The van der Waals surface area contributed by atoms with Gasteiger partial charge in [0.2, 0.25) is 0 Å². The van der Waals surface area contributed by atoms with Gasteiger partial charge in [0.15, 0.2) is 0 Å². The normalized spacial score (nSPS) is 17.5. The first-order valence-electron chi connectivity index (χ1n) is 6.96. The molecular formula is C16H20N2S. The molecule has 1 fully saturated rings. The van der Waals surface area contributed by atoms with E-state index in [1.54, 1.807) is 0 Å². The van der Waals surface area contributed by atoms with Crippen LogP contribution in [0.4, 0.5) is 0 Å². The number of hydrogen-bond acceptors (Lipinski definition) is 3. The molecule has 0 bridgehead atoms. The molecule has 3 rings (SSSR count). The molecule has 1 N–H and O–H groups in total. The van der Waals surface area contributed by atoms with Gasteiger partial charge in [-0.2, -0.15) is 0 Å². The zero-order chi connectivity index (χ0) is 13.1. The zero-order valence-electron chi connectivity index (χ0n) is 11.4. The van der Waals surface area contributed by atoms with Crippen molar-refractivity contribution >= 4 is 22.7 Å². The molecule has 1 aliphatic heterocycles. The highest BCUT2D eigenvalue weighted by Gasteiger charge is 2.11. The van der Waals surface area contributed by atoms with E-state index >= 15 is 0 Å². The first-order chi connectivity index (χ1) is 9.34. The van der Waals surface area contributed by atoms with E-state index in [1.165, 1.54) is 34.2 Å². The lowest BCUT2D eigenvalue weighted by atomic mass is 10.1. The van der Waals surface area contributed by atoms with Gasteiger partial charge in [-0.1, -0.05) is 30.3 Å². The molecule has 0 aromatic heterocycles. The first-order valence-corrected chi connectivity index (χ1v) is 7.74. The Morgan fingerprint density at radius 1 is 1.00 bits per heavy atom. The summed E-state index contributed by atoms with van der Waals surface area (Å²) in [6.45, 7) is 6.71. The van der Waals surface area contributed by atoms with Crippen molar-refractivity contribution in [3.05, 3.63) is 42.0 Å². The van der Waals surface area contributed by atoms with Gasteiger partial charge in [-0.3, -0.25) is 0 Å². The topological polar surface area (TPSA) is 15.3 Å². The number of aryl methyl sites for hydroxylation is 1. The molecule has 0 amide bonds. The molecule has 2 nitrogen and oxygen atoms in total. The molecule has 0 radical (unpaired) electrons. The Hall–Kier alpha value is -1.03. The third kappa shape index (κ3) is 2.94. The fraction of sp³-hybridized carbons (Fsp3) is 0.375. The van der Waals surface area contributed by atoms with E-state index in [0.29, 0.717) is 0 Å². The molecule has 0 saturated carbocycles. The van der Waals surface area contributed by atoms with Gasteiger partial charge >= 0.3 is 0 Å². The van der Waals surface area contributed by atoms with Crippen LogP contribution in [-0.2, 0) is 0 Å². The summed E-state index contributed by atoms with van der Waals surface area (Å²) in [6, 6.07) is 13.2. The van der Waals surface area contributed by atoms with Crippen LogP contribution in [0.5, 0.6) is 0 Å². The van der Waals surface area contributed by atoms with Crippen molar-refractivity contribution < 1.29 is 0 Å². The van der Waals surface area contributed by atoms with Gasteiger partial charge in [0.1, 0.15) is 0 Å². The third-order valence-electron chi connectivity index (χ3n) is 3.63. The predicted molar refractivity (Wildman–Crippen MR) is 83.6 cm³/mol. The van der Waals surface area contributed by atoms with Crippen LogP contribution in [0.2, 0.25) is 0 Å². The summed E-state index contributed by atoms with van der Waals surface area (Å²) in [4.78, 5) is 1.38. The van der Waals surface area contributed by atoms with Gasteiger partial charge in [0.25, 0.3) is 0 Å². The molecule has 1 heterocycles. The van der Waals surface area contributed by atoms with Crippen LogP contribution in [0.15, 0.2) is 41.3 Å². The van der Waals surface area contributed by atoms with Crippen LogP contribution in [0.1, 0.15) is 12.0 Å². The summed E-state index contributed by atoms with van der Waals surface area (Å²) in [6.07, 6.45) is 1.23. The molecule has 19 heavy (non-hydrogen) atoms. The monoisotopic (exact) mass is 272 g/mol. The second-order valence-electron chi connectivity index (χ2n) is 5.05. The predicted octanol–water partition coefficient (Wildman–Crippen LogP) is 3.45. The lowest BCUT2D eigenvalue weighted by Gasteiger charge is -2.19. The quantitative estimate of drug-likeness (QED) is 0.843. The maximum atomic E-state index is 3.45. The molecule has 0 aliphatic carbocycles. The van der Waals surface area contributed by atoms with Crippen molar-refractivity contribution in [3.8, 4) is 0 Å². The van der Waals surface area contributed by atoms with E-state index in [0.717, 1.165) is 19.6 Å². The van der Waals surface area contributed by atoms with Gasteiger partial charge in [-0.05, 0) is 54.2 Å². The summed E-state index contributed by atoms with van der Waals surface area (Å²) >= 11 is 1.91. The molecule has 2 aromatic carbocycles. The van der Waals surface area contributed by atoms with Crippen molar-refractivity contribution in [2.24, 2.45) is 0 Å². The number of benzene rings is 2. The third-order valence-corrected chi connectivity index (χ3v) is 4.80. The van der Waals surface area contributed by atoms with E-state index in [4.69, 9.17) is 0 Å². The van der Waals surface area contributed by atoms with Gasteiger partial charge in [0, 0.05) is 24.5 Å². The molecule has 3 heteroatoms. The minimum Gasteiger partial charge on any atom is -0.315 e. The second-order valence-corrected chi connectivity index (χ2v) is 6.19. The molecule has 0 spiro atoms. The minimum atomic E-state index is 1.09. The maximum absolute atomic E-state index is 3.45. The summed E-state index contributed by atoms with van der Waals surface area (Å²) in [5, 5.41) is 6.21. The Balaban J connectivity index is 1.90. The van der Waals surface area contributed by atoms with Crippen LogP contribution < -0.4 is 5.32 Å². The largest absolute Gasteiger partial charge is 0.315 e. The Morgan fingerprint density at radius 3 is 2.79 bits per heavy atom. The smallest absolute Gasteiger partial charge is 0.0308 e. The lowest BCUT2D eigenvalue weighted by molar-refractivity contribution is 0.502. The minimum absolute atomic E-state index is 1.09. The fourth-order valence-electron chi connectivity index (χ4n) is 2.57. The Kier molecular flexibility index (Phi) is 4.06. The SMILES string of the molecule is Cc1cccc2c(SN3CCCNCC3)cccc12. The second kappa shape index (κ2) is 5.95. The highest BCUT2D eigenvalue weighted by molar-refractivity contribution is 7.97. The number of hydrogen-bond donors (Lipinski definition) is 1. The Labute approximate surface area is 119 Å². The van der Waals surface area contributed by atoms with Gasteiger partial charge in [-0.15, -0.1) is 0 Å². The molecule has 1 aliphatic rings. The van der Waals surface area contributed by atoms with E-state index in [9.17, 15) is 0 Å². The summed E-state index contributed by atoms with van der Waals surface area (Å²) in [7, 11) is 0. The van der Waals surface area contributed by atoms with E-state index < -0.39 is 0 Å². The summed E-state index contributed by atoms with van der Waals surface area (Å²) in [5.41, 5.74) is 1.36. The van der Waals surface area contributed by atoms with Crippen LogP contribution in [0, 0.1) is 6.92 Å². The van der Waals surface area contributed by atoms with E-state index in [2.05, 4.69) is 52.9 Å². The van der Waals surface area contributed by atoms with Crippen molar-refractivity contribution in [1.82, 2.24) is 9.62 Å². The van der Waals surface area contributed by atoms with E-state index in [1.807, 2.05) is 11.9 Å². The van der Waals surface area contributed by atoms with Crippen LogP contribution >= 0.6 is 11.9 Å². The van der Waals surface area contributed by atoms with Crippen molar-refractivity contribution in [3.63, 3.8) is 0 Å². The van der Waals surface area contributed by atoms with Gasteiger partial charge in [0.05, 0.1) is 0 Å². The molecule has 0 atom stereocenters. The number of nitrogens with zero attached hydrogens (tertiary/aromatic N) is 1. The lowest BCUT2D eigenvalue weighted by Crippen LogP contribution is -2.22. The fourth-order valence-corrected chi connectivity index (χ4v) is 3.67. The van der Waals surface area contributed by atoms with E-state index in [-0.39, 0.29) is 0 Å². The van der Waals surface area contributed by atoms with Crippen molar-refractivity contribution in [2.75, 3.05) is 26.2 Å². The number of nitrogens with one attached hydrogen (secondary N) is 1. The van der Waals surface area contributed by atoms with Crippen molar-refractivity contribution in [2.45, 2.75) is 18.2 Å². The Bertz CT molecular complexity index is 560. The summed E-state index contributed by atoms with van der Waals surface area (Å²) < 4.78 is 2.48. The maximum Gasteiger partial charge on any atom is 0.0308 e. The molecule has 1 saturated heterocycles. The summed E-state index contributed by atoms with van der Waals surface area (Å²) in [5.74, 6) is 0. The van der Waals surface area contributed by atoms with Gasteiger partial charge < -0.3 is 5.32 Å². The average Bonchev–Trinajstić information content (AvgIpc) is 2.69.